The van der Waals surface area contributed by atoms with Crippen molar-refractivity contribution in [1.29, 1.82) is 0 Å². The van der Waals surface area contributed by atoms with Crippen molar-refractivity contribution in [1.82, 2.24) is 5.32 Å². The second kappa shape index (κ2) is 6.95. The second-order valence-electron chi connectivity index (χ2n) is 3.49. The summed E-state index contributed by atoms with van der Waals surface area (Å²) in [7, 11) is 1.60. The van der Waals surface area contributed by atoms with Crippen LogP contribution >= 0.6 is 11.3 Å². The molecule has 2 N–H and O–H groups in total. The molecule has 1 heterocycles. The minimum absolute atomic E-state index is 0.344. The molecule has 4 heteroatoms. The predicted molar refractivity (Wildman–Crippen MR) is 63.2 cm³/mol. The molecule has 86 valence electrons. The maximum atomic E-state index is 9.51. The zero-order chi connectivity index (χ0) is 11.1. The molecule has 0 aliphatic carbocycles. The van der Waals surface area contributed by atoms with E-state index in [4.69, 9.17) is 4.74 Å². The molecule has 15 heavy (non-hydrogen) atoms. The van der Waals surface area contributed by atoms with Gasteiger partial charge in [0, 0.05) is 24.6 Å². The van der Waals surface area contributed by atoms with Gasteiger partial charge >= 0.3 is 0 Å². The van der Waals surface area contributed by atoms with E-state index in [1.54, 1.807) is 18.4 Å². The van der Waals surface area contributed by atoms with Gasteiger partial charge in [-0.25, -0.2) is 0 Å². The molecule has 0 saturated heterocycles. The summed E-state index contributed by atoms with van der Waals surface area (Å²) in [5.41, 5.74) is 0. The molecule has 2 atom stereocenters. The SMILES string of the molecule is CCC(NCC(O)COC)c1cccs1. The van der Waals surface area contributed by atoms with Crippen LogP contribution in [-0.2, 0) is 4.74 Å². The number of ether oxygens (including phenoxy) is 1. The van der Waals surface area contributed by atoms with Gasteiger partial charge in [0.05, 0.1) is 12.7 Å². The summed E-state index contributed by atoms with van der Waals surface area (Å²) in [4.78, 5) is 1.32. The lowest BCUT2D eigenvalue weighted by atomic mass is 10.2. The van der Waals surface area contributed by atoms with Crippen LogP contribution in [0.4, 0.5) is 0 Å². The van der Waals surface area contributed by atoms with E-state index in [0.717, 1.165) is 6.42 Å². The fourth-order valence-corrected chi connectivity index (χ4v) is 2.35. The van der Waals surface area contributed by atoms with Gasteiger partial charge in [-0.05, 0) is 17.9 Å². The molecule has 1 aromatic rings. The number of rotatable bonds is 7. The standard InChI is InChI=1S/C11H19NO2S/c1-3-10(11-5-4-6-15-11)12-7-9(13)8-14-2/h4-6,9-10,12-13H,3,7-8H2,1-2H3. The third kappa shape index (κ3) is 4.30. The first kappa shape index (κ1) is 12.6. The summed E-state index contributed by atoms with van der Waals surface area (Å²) in [6.07, 6.45) is 0.601. The van der Waals surface area contributed by atoms with Crippen molar-refractivity contribution >= 4 is 11.3 Å². The van der Waals surface area contributed by atoms with E-state index < -0.39 is 6.10 Å². The van der Waals surface area contributed by atoms with Gasteiger partial charge in [0.15, 0.2) is 0 Å². The number of aliphatic hydroxyl groups is 1. The van der Waals surface area contributed by atoms with E-state index in [-0.39, 0.29) is 0 Å². The van der Waals surface area contributed by atoms with Crippen molar-refractivity contribution in [3.8, 4) is 0 Å². The number of thiophene rings is 1. The molecule has 0 aliphatic rings. The van der Waals surface area contributed by atoms with Crippen molar-refractivity contribution in [3.63, 3.8) is 0 Å². The van der Waals surface area contributed by atoms with Crippen LogP contribution in [-0.4, -0.2) is 31.5 Å². The first-order valence-electron chi connectivity index (χ1n) is 5.21. The molecule has 2 unspecified atom stereocenters. The lowest BCUT2D eigenvalue weighted by Gasteiger charge is -2.17. The van der Waals surface area contributed by atoms with Crippen LogP contribution in [0, 0.1) is 0 Å². The van der Waals surface area contributed by atoms with Crippen LogP contribution in [0.5, 0.6) is 0 Å². The summed E-state index contributed by atoms with van der Waals surface area (Å²) in [6.45, 7) is 3.10. The number of nitrogens with one attached hydrogen (secondary N) is 1. The number of aliphatic hydroxyl groups excluding tert-OH is 1. The predicted octanol–water partition coefficient (Wildman–Crippen LogP) is 1.80. The zero-order valence-corrected chi connectivity index (χ0v) is 10.1. The molecule has 1 aromatic heterocycles. The molecule has 0 bridgehead atoms. The van der Waals surface area contributed by atoms with Gasteiger partial charge in [-0.15, -0.1) is 11.3 Å². The summed E-state index contributed by atoms with van der Waals surface area (Å²) in [6, 6.07) is 4.52. The fraction of sp³-hybridized carbons (Fsp3) is 0.636. The molecule has 0 spiro atoms. The van der Waals surface area contributed by atoms with Crippen LogP contribution in [0.3, 0.4) is 0 Å². The Morgan fingerprint density at radius 1 is 1.60 bits per heavy atom. The van der Waals surface area contributed by atoms with Crippen LogP contribution in [0.25, 0.3) is 0 Å². The third-order valence-electron chi connectivity index (χ3n) is 2.25. The van der Waals surface area contributed by atoms with Gasteiger partial charge in [0.25, 0.3) is 0 Å². The Morgan fingerprint density at radius 2 is 2.40 bits per heavy atom. The zero-order valence-electron chi connectivity index (χ0n) is 9.27. The summed E-state index contributed by atoms with van der Waals surface area (Å²) in [5.74, 6) is 0. The average Bonchev–Trinajstić information content (AvgIpc) is 2.72. The Kier molecular flexibility index (Phi) is 5.86. The maximum absolute atomic E-state index is 9.51. The van der Waals surface area contributed by atoms with E-state index in [2.05, 4.69) is 29.8 Å². The molecule has 0 fully saturated rings. The van der Waals surface area contributed by atoms with Crippen LogP contribution in [0.15, 0.2) is 17.5 Å². The highest BCUT2D eigenvalue weighted by molar-refractivity contribution is 7.10. The molecule has 0 radical (unpaired) electrons. The van der Waals surface area contributed by atoms with Gasteiger partial charge in [0.2, 0.25) is 0 Å². The van der Waals surface area contributed by atoms with Crippen molar-refractivity contribution in [3.05, 3.63) is 22.4 Å². The Hall–Kier alpha value is -0.420. The first-order chi connectivity index (χ1) is 7.27. The summed E-state index contributed by atoms with van der Waals surface area (Å²) in [5, 5.41) is 14.9. The lowest BCUT2D eigenvalue weighted by Crippen LogP contribution is -2.32. The van der Waals surface area contributed by atoms with Gasteiger partial charge < -0.3 is 15.2 Å². The second-order valence-corrected chi connectivity index (χ2v) is 4.47. The van der Waals surface area contributed by atoms with E-state index in [1.165, 1.54) is 4.88 Å². The van der Waals surface area contributed by atoms with Crippen molar-refractivity contribution in [2.45, 2.75) is 25.5 Å². The van der Waals surface area contributed by atoms with Crippen LogP contribution in [0.2, 0.25) is 0 Å². The molecule has 3 nitrogen and oxygen atoms in total. The van der Waals surface area contributed by atoms with Gasteiger partial charge in [-0.3, -0.25) is 0 Å². The third-order valence-corrected chi connectivity index (χ3v) is 3.24. The molecule has 0 aromatic carbocycles. The number of methoxy groups -OCH3 is 1. The van der Waals surface area contributed by atoms with E-state index >= 15 is 0 Å². The number of hydrogen-bond acceptors (Lipinski definition) is 4. The summed E-state index contributed by atoms with van der Waals surface area (Å²) < 4.78 is 4.87. The maximum Gasteiger partial charge on any atom is 0.0897 e. The first-order valence-corrected chi connectivity index (χ1v) is 6.09. The molecule has 1 rings (SSSR count). The smallest absolute Gasteiger partial charge is 0.0897 e. The minimum atomic E-state index is -0.427. The largest absolute Gasteiger partial charge is 0.389 e. The highest BCUT2D eigenvalue weighted by atomic mass is 32.1. The molecular formula is C11H19NO2S. The van der Waals surface area contributed by atoms with Crippen molar-refractivity contribution in [2.75, 3.05) is 20.3 Å². The Morgan fingerprint density at radius 3 is 2.93 bits per heavy atom. The van der Waals surface area contributed by atoms with Crippen LogP contribution < -0.4 is 5.32 Å². The molecule has 0 amide bonds. The minimum Gasteiger partial charge on any atom is -0.389 e. The Balaban J connectivity index is 2.35. The molecule has 0 saturated carbocycles. The normalized spacial score (nSPS) is 15.1. The van der Waals surface area contributed by atoms with Gasteiger partial charge in [-0.1, -0.05) is 13.0 Å². The van der Waals surface area contributed by atoms with E-state index in [0.29, 0.717) is 19.2 Å². The van der Waals surface area contributed by atoms with Gasteiger partial charge in [0.1, 0.15) is 0 Å². The average molecular weight is 229 g/mol. The highest BCUT2D eigenvalue weighted by Crippen LogP contribution is 2.21. The lowest BCUT2D eigenvalue weighted by molar-refractivity contribution is 0.0626. The highest BCUT2D eigenvalue weighted by Gasteiger charge is 2.11. The molecule has 0 aliphatic heterocycles. The monoisotopic (exact) mass is 229 g/mol. The van der Waals surface area contributed by atoms with Crippen molar-refractivity contribution in [2.24, 2.45) is 0 Å². The van der Waals surface area contributed by atoms with E-state index in [9.17, 15) is 5.11 Å². The van der Waals surface area contributed by atoms with E-state index in [1.807, 2.05) is 0 Å². The summed E-state index contributed by atoms with van der Waals surface area (Å²) >= 11 is 1.75. The molecular weight excluding hydrogens is 210 g/mol. The topological polar surface area (TPSA) is 41.5 Å². The fourth-order valence-electron chi connectivity index (χ4n) is 1.47. The van der Waals surface area contributed by atoms with Crippen LogP contribution in [0.1, 0.15) is 24.3 Å². The van der Waals surface area contributed by atoms with Gasteiger partial charge in [-0.2, -0.15) is 0 Å². The number of hydrogen-bond donors (Lipinski definition) is 2. The Labute approximate surface area is 95.1 Å². The quantitative estimate of drug-likeness (QED) is 0.749. The Bertz CT molecular complexity index is 251. The van der Waals surface area contributed by atoms with Crippen molar-refractivity contribution < 1.29 is 9.84 Å².